The summed E-state index contributed by atoms with van der Waals surface area (Å²) in [5.41, 5.74) is 9.42. The highest BCUT2D eigenvalue weighted by Gasteiger charge is 2.29. The smallest absolute Gasteiger partial charge is 0.259 e. The molecule has 0 radical (unpaired) electrons. The van der Waals surface area contributed by atoms with E-state index in [-0.39, 0.29) is 5.91 Å². The minimum atomic E-state index is 0.0141. The molecule has 1 aromatic heterocycles. The van der Waals surface area contributed by atoms with Crippen LogP contribution in [-0.4, -0.2) is 24.1 Å². The first kappa shape index (κ1) is 14.8. The van der Waals surface area contributed by atoms with Gasteiger partial charge in [-0.3, -0.25) is 4.79 Å². The Labute approximate surface area is 140 Å². The molecule has 0 saturated heterocycles. The number of fused-ring (bicyclic) bond motifs is 2. The van der Waals surface area contributed by atoms with E-state index in [2.05, 4.69) is 22.8 Å². The van der Waals surface area contributed by atoms with E-state index in [1.54, 1.807) is 7.11 Å². The third-order valence-corrected chi connectivity index (χ3v) is 4.56. The summed E-state index contributed by atoms with van der Waals surface area (Å²) in [5.74, 6) is 0.719. The van der Waals surface area contributed by atoms with Crippen LogP contribution in [0.25, 0.3) is 10.9 Å². The normalized spacial score (nSPS) is 13.6. The van der Waals surface area contributed by atoms with Crippen LogP contribution in [0.3, 0.4) is 0 Å². The number of anilines is 1. The summed E-state index contributed by atoms with van der Waals surface area (Å²) in [6.07, 6.45) is 2.03. The lowest BCUT2D eigenvalue weighted by Gasteiger charge is -2.16. The fourth-order valence-electron chi connectivity index (χ4n) is 3.29. The Hall–Kier alpha value is -2.79. The first-order valence-electron chi connectivity index (χ1n) is 7.99. The van der Waals surface area contributed by atoms with Crippen LogP contribution in [0.15, 0.2) is 48.7 Å². The molecule has 1 amide bonds. The highest BCUT2D eigenvalue weighted by Crippen LogP contribution is 2.32. The van der Waals surface area contributed by atoms with Crippen molar-refractivity contribution in [1.29, 1.82) is 0 Å². The Kier molecular flexibility index (Phi) is 3.50. The molecule has 0 unspecified atom stereocenters. The number of methoxy groups -OCH3 is 1. The number of amides is 1. The number of carbonyl (C=O) groups excluding carboxylic acids is 1. The third-order valence-electron chi connectivity index (χ3n) is 4.56. The molecule has 1 aliphatic heterocycles. The molecule has 0 spiro atoms. The van der Waals surface area contributed by atoms with E-state index < -0.39 is 0 Å². The van der Waals surface area contributed by atoms with Gasteiger partial charge < -0.3 is 19.9 Å². The Morgan fingerprint density at radius 3 is 2.83 bits per heavy atom. The SMILES string of the molecule is COc1ccc2c(c1)C(=O)N(c1ccc3ccn(CCN)c3c1)C2. The van der Waals surface area contributed by atoms with E-state index in [1.165, 1.54) is 0 Å². The van der Waals surface area contributed by atoms with E-state index >= 15 is 0 Å². The van der Waals surface area contributed by atoms with Crippen LogP contribution in [0.1, 0.15) is 15.9 Å². The molecule has 4 rings (SSSR count). The number of hydrogen-bond donors (Lipinski definition) is 1. The number of nitrogens with two attached hydrogens (primary N) is 1. The molecule has 0 atom stereocenters. The highest BCUT2D eigenvalue weighted by atomic mass is 16.5. The molecule has 0 saturated carbocycles. The zero-order valence-corrected chi connectivity index (χ0v) is 13.5. The van der Waals surface area contributed by atoms with E-state index in [9.17, 15) is 4.79 Å². The number of ether oxygens (including phenoxy) is 1. The summed E-state index contributed by atoms with van der Waals surface area (Å²) < 4.78 is 7.35. The number of rotatable bonds is 4. The number of hydrogen-bond acceptors (Lipinski definition) is 3. The maximum absolute atomic E-state index is 12.8. The maximum Gasteiger partial charge on any atom is 0.259 e. The maximum atomic E-state index is 12.8. The molecule has 5 nitrogen and oxygen atoms in total. The summed E-state index contributed by atoms with van der Waals surface area (Å²) in [6.45, 7) is 1.93. The van der Waals surface area contributed by atoms with Crippen LogP contribution < -0.4 is 15.4 Å². The molecule has 122 valence electrons. The van der Waals surface area contributed by atoms with Gasteiger partial charge in [-0.25, -0.2) is 0 Å². The van der Waals surface area contributed by atoms with E-state index in [0.29, 0.717) is 24.4 Å². The van der Waals surface area contributed by atoms with Crippen LogP contribution in [0.4, 0.5) is 5.69 Å². The third kappa shape index (κ3) is 2.25. The second-order valence-electron chi connectivity index (χ2n) is 5.96. The van der Waals surface area contributed by atoms with Crippen molar-refractivity contribution in [2.24, 2.45) is 5.73 Å². The Morgan fingerprint density at radius 1 is 1.17 bits per heavy atom. The van der Waals surface area contributed by atoms with Crippen molar-refractivity contribution in [2.45, 2.75) is 13.1 Å². The zero-order valence-electron chi connectivity index (χ0n) is 13.5. The second-order valence-corrected chi connectivity index (χ2v) is 5.96. The van der Waals surface area contributed by atoms with Crippen LogP contribution in [-0.2, 0) is 13.1 Å². The van der Waals surface area contributed by atoms with Gasteiger partial charge >= 0.3 is 0 Å². The number of benzene rings is 2. The minimum absolute atomic E-state index is 0.0141. The van der Waals surface area contributed by atoms with E-state index in [4.69, 9.17) is 10.5 Å². The summed E-state index contributed by atoms with van der Waals surface area (Å²) in [4.78, 5) is 14.6. The quantitative estimate of drug-likeness (QED) is 0.804. The summed E-state index contributed by atoms with van der Waals surface area (Å²) in [6, 6.07) is 13.8. The second kappa shape index (κ2) is 5.69. The number of carbonyl (C=O) groups is 1. The van der Waals surface area contributed by atoms with Gasteiger partial charge in [-0.2, -0.15) is 0 Å². The zero-order chi connectivity index (χ0) is 16.7. The topological polar surface area (TPSA) is 60.5 Å². The van der Waals surface area contributed by atoms with Crippen molar-refractivity contribution in [2.75, 3.05) is 18.6 Å². The van der Waals surface area contributed by atoms with Crippen LogP contribution in [0.2, 0.25) is 0 Å². The first-order valence-corrected chi connectivity index (χ1v) is 7.99. The molecule has 24 heavy (non-hydrogen) atoms. The fraction of sp³-hybridized carbons (Fsp3) is 0.211. The van der Waals surface area contributed by atoms with Crippen molar-refractivity contribution < 1.29 is 9.53 Å². The van der Waals surface area contributed by atoms with Crippen LogP contribution in [0, 0.1) is 0 Å². The molecular formula is C19H19N3O2. The molecular weight excluding hydrogens is 302 g/mol. The van der Waals surface area contributed by atoms with Crippen molar-refractivity contribution in [1.82, 2.24) is 4.57 Å². The number of nitrogens with zero attached hydrogens (tertiary/aromatic N) is 2. The van der Waals surface area contributed by atoms with Gasteiger partial charge in [-0.1, -0.05) is 12.1 Å². The predicted molar refractivity (Wildman–Crippen MR) is 94.5 cm³/mol. The molecule has 0 fully saturated rings. The van der Waals surface area contributed by atoms with Crippen LogP contribution in [0.5, 0.6) is 5.75 Å². The summed E-state index contributed by atoms with van der Waals surface area (Å²) in [7, 11) is 1.61. The lowest BCUT2D eigenvalue weighted by Crippen LogP contribution is -2.23. The average Bonchev–Trinajstić information content (AvgIpc) is 3.16. The van der Waals surface area contributed by atoms with Gasteiger partial charge in [0.25, 0.3) is 5.91 Å². The van der Waals surface area contributed by atoms with Crippen molar-refractivity contribution >= 4 is 22.5 Å². The lowest BCUT2D eigenvalue weighted by atomic mass is 10.1. The average molecular weight is 321 g/mol. The lowest BCUT2D eigenvalue weighted by molar-refractivity contribution is 0.0996. The monoisotopic (exact) mass is 321 g/mol. The minimum Gasteiger partial charge on any atom is -0.497 e. The Balaban J connectivity index is 1.73. The van der Waals surface area contributed by atoms with Crippen molar-refractivity contribution in [3.8, 4) is 5.75 Å². The highest BCUT2D eigenvalue weighted by molar-refractivity contribution is 6.10. The molecule has 0 bridgehead atoms. The van der Waals surface area contributed by atoms with Gasteiger partial charge in [0.2, 0.25) is 0 Å². The van der Waals surface area contributed by atoms with Crippen molar-refractivity contribution in [3.05, 3.63) is 59.8 Å². The largest absolute Gasteiger partial charge is 0.497 e. The standard InChI is InChI=1S/C19H19N3O2/c1-24-16-5-3-14-12-22(19(23)17(14)11-16)15-4-2-13-6-8-21(9-7-20)18(13)10-15/h2-6,8,10-11H,7,9,12,20H2,1H3. The molecule has 0 aliphatic carbocycles. The van der Waals surface area contributed by atoms with Gasteiger partial charge in [0, 0.05) is 30.5 Å². The predicted octanol–water partition coefficient (Wildman–Crippen LogP) is 2.77. The van der Waals surface area contributed by atoms with E-state index in [1.807, 2.05) is 35.4 Å². The molecule has 2 N–H and O–H groups in total. The molecule has 2 heterocycles. The fourth-order valence-corrected chi connectivity index (χ4v) is 3.29. The summed E-state index contributed by atoms with van der Waals surface area (Å²) in [5, 5.41) is 1.15. The van der Waals surface area contributed by atoms with E-state index in [0.717, 1.165) is 28.7 Å². The number of aromatic nitrogens is 1. The Bertz CT molecular complexity index is 930. The molecule has 3 aromatic rings. The molecule has 2 aromatic carbocycles. The summed E-state index contributed by atoms with van der Waals surface area (Å²) >= 11 is 0. The van der Waals surface area contributed by atoms with Gasteiger partial charge in [-0.15, -0.1) is 0 Å². The van der Waals surface area contributed by atoms with Gasteiger partial charge in [0.15, 0.2) is 0 Å². The van der Waals surface area contributed by atoms with Crippen LogP contribution >= 0.6 is 0 Å². The first-order chi connectivity index (χ1) is 11.7. The van der Waals surface area contributed by atoms with Gasteiger partial charge in [0.1, 0.15) is 5.75 Å². The van der Waals surface area contributed by atoms with Gasteiger partial charge in [-0.05, 0) is 41.3 Å². The Morgan fingerprint density at radius 2 is 2.04 bits per heavy atom. The van der Waals surface area contributed by atoms with Gasteiger partial charge in [0.05, 0.1) is 19.2 Å². The van der Waals surface area contributed by atoms with Crippen molar-refractivity contribution in [3.63, 3.8) is 0 Å². The molecule has 5 heteroatoms. The molecule has 1 aliphatic rings.